The number of hydrogen-bond donors (Lipinski definition) is 2. The van der Waals surface area contributed by atoms with E-state index in [9.17, 15) is 14.4 Å². The summed E-state index contributed by atoms with van der Waals surface area (Å²) >= 11 is 0. The van der Waals surface area contributed by atoms with Crippen molar-refractivity contribution in [2.75, 3.05) is 0 Å². The van der Waals surface area contributed by atoms with Crippen molar-refractivity contribution in [3.63, 3.8) is 0 Å². The number of hydrogen-bond acceptors (Lipinski definition) is 4. The van der Waals surface area contributed by atoms with Crippen molar-refractivity contribution < 1.29 is 19.1 Å². The van der Waals surface area contributed by atoms with Gasteiger partial charge in [-0.3, -0.25) is 19.7 Å². The van der Waals surface area contributed by atoms with Crippen LogP contribution in [0.3, 0.4) is 0 Å². The van der Waals surface area contributed by atoms with E-state index in [1.165, 1.54) is 0 Å². The van der Waals surface area contributed by atoms with Crippen LogP contribution in [0.25, 0.3) is 0 Å². The zero-order chi connectivity index (χ0) is 16.9. The predicted octanol–water partition coefficient (Wildman–Crippen LogP) is 2.01. The molecular weight excluding hydrogens is 308 g/mol. The van der Waals surface area contributed by atoms with E-state index in [0.717, 1.165) is 0 Å². The Balaban J connectivity index is 1.68. The van der Waals surface area contributed by atoms with Crippen LogP contribution in [0, 0.1) is 0 Å². The van der Waals surface area contributed by atoms with Crippen molar-refractivity contribution >= 4 is 17.7 Å². The fraction of sp³-hybridized carbons (Fsp3) is 0.167. The summed E-state index contributed by atoms with van der Waals surface area (Å²) in [5.41, 5.74) is 0.383. The van der Waals surface area contributed by atoms with Crippen LogP contribution in [-0.4, -0.2) is 23.8 Å². The summed E-state index contributed by atoms with van der Waals surface area (Å²) in [7, 11) is 0. The molecule has 1 unspecified atom stereocenters. The zero-order valence-corrected chi connectivity index (χ0v) is 12.8. The number of para-hydroxylation sites is 1. The molecule has 122 valence electrons. The van der Waals surface area contributed by atoms with Crippen molar-refractivity contribution in [3.05, 3.63) is 60.2 Å². The Kier molecular flexibility index (Phi) is 4.56. The topological polar surface area (TPSA) is 84.5 Å². The first-order chi connectivity index (χ1) is 11.6. The molecule has 1 aliphatic rings. The molecule has 0 spiro atoms. The Morgan fingerprint density at radius 2 is 1.79 bits per heavy atom. The van der Waals surface area contributed by atoms with Gasteiger partial charge in [0.05, 0.1) is 0 Å². The molecule has 1 fully saturated rings. The van der Waals surface area contributed by atoms with Crippen LogP contribution in [0.2, 0.25) is 0 Å². The molecule has 2 aromatic carbocycles. The number of ether oxygens (including phenoxy) is 1. The van der Waals surface area contributed by atoms with E-state index < -0.39 is 11.9 Å². The highest BCUT2D eigenvalue weighted by Crippen LogP contribution is 2.22. The second-order valence-corrected chi connectivity index (χ2v) is 5.42. The van der Waals surface area contributed by atoms with Crippen LogP contribution < -0.4 is 15.4 Å². The molecule has 3 amide bonds. The highest BCUT2D eigenvalue weighted by molar-refractivity contribution is 6.03. The van der Waals surface area contributed by atoms with Crippen LogP contribution in [0.15, 0.2) is 54.6 Å². The van der Waals surface area contributed by atoms with Gasteiger partial charge in [0, 0.05) is 12.0 Å². The molecule has 1 saturated heterocycles. The maximum absolute atomic E-state index is 12.3. The lowest BCUT2D eigenvalue weighted by Gasteiger charge is -2.21. The number of rotatable bonds is 4. The van der Waals surface area contributed by atoms with E-state index >= 15 is 0 Å². The van der Waals surface area contributed by atoms with Gasteiger partial charge in [-0.15, -0.1) is 0 Å². The van der Waals surface area contributed by atoms with Gasteiger partial charge < -0.3 is 10.1 Å². The summed E-state index contributed by atoms with van der Waals surface area (Å²) in [5.74, 6) is 0.0143. The van der Waals surface area contributed by atoms with Gasteiger partial charge in [0.25, 0.3) is 5.91 Å². The average molecular weight is 324 g/mol. The lowest BCUT2D eigenvalue weighted by atomic mass is 10.1. The number of carbonyl (C=O) groups excluding carboxylic acids is 3. The Labute approximate surface area is 138 Å². The van der Waals surface area contributed by atoms with Crippen LogP contribution in [0.1, 0.15) is 23.2 Å². The van der Waals surface area contributed by atoms with Crippen LogP contribution in [0.5, 0.6) is 11.5 Å². The van der Waals surface area contributed by atoms with Crippen molar-refractivity contribution in [2.24, 2.45) is 0 Å². The molecule has 1 aliphatic heterocycles. The summed E-state index contributed by atoms with van der Waals surface area (Å²) in [6, 6.07) is 15.2. The quantitative estimate of drug-likeness (QED) is 0.843. The van der Waals surface area contributed by atoms with E-state index in [4.69, 9.17) is 4.74 Å². The first-order valence-corrected chi connectivity index (χ1v) is 7.59. The summed E-state index contributed by atoms with van der Waals surface area (Å²) in [6.45, 7) is 0. The summed E-state index contributed by atoms with van der Waals surface area (Å²) < 4.78 is 5.69. The van der Waals surface area contributed by atoms with Gasteiger partial charge in [-0.2, -0.15) is 0 Å². The van der Waals surface area contributed by atoms with Crippen LogP contribution in [-0.2, 0) is 9.59 Å². The van der Waals surface area contributed by atoms with Crippen molar-refractivity contribution in [3.8, 4) is 11.5 Å². The van der Waals surface area contributed by atoms with E-state index in [1.807, 2.05) is 30.3 Å². The maximum Gasteiger partial charge on any atom is 0.252 e. The second-order valence-electron chi connectivity index (χ2n) is 5.42. The van der Waals surface area contributed by atoms with Gasteiger partial charge in [-0.05, 0) is 36.8 Å². The van der Waals surface area contributed by atoms with Crippen molar-refractivity contribution in [2.45, 2.75) is 18.9 Å². The third-order valence-corrected chi connectivity index (χ3v) is 3.62. The number of carbonyl (C=O) groups is 3. The molecule has 0 radical (unpaired) electrons. The van der Waals surface area contributed by atoms with Gasteiger partial charge >= 0.3 is 0 Å². The highest BCUT2D eigenvalue weighted by Gasteiger charge is 2.28. The minimum Gasteiger partial charge on any atom is -0.457 e. The Morgan fingerprint density at radius 3 is 2.54 bits per heavy atom. The molecule has 0 saturated carbocycles. The van der Waals surface area contributed by atoms with Crippen LogP contribution in [0.4, 0.5) is 0 Å². The Hall–Kier alpha value is -3.15. The smallest absolute Gasteiger partial charge is 0.252 e. The molecule has 24 heavy (non-hydrogen) atoms. The summed E-state index contributed by atoms with van der Waals surface area (Å²) in [5, 5.41) is 4.85. The minimum absolute atomic E-state index is 0.216. The Bertz CT molecular complexity index is 774. The molecule has 0 aliphatic carbocycles. The van der Waals surface area contributed by atoms with Gasteiger partial charge in [0.15, 0.2) is 0 Å². The number of piperidine rings is 1. The number of benzene rings is 2. The fourth-order valence-electron chi connectivity index (χ4n) is 2.40. The molecule has 0 aromatic heterocycles. The standard InChI is InChI=1S/C18H16N2O4/c21-16-10-9-15(18(23)20-16)19-17(22)12-5-4-8-14(11-12)24-13-6-2-1-3-7-13/h1-8,11,15H,9-10H2,(H,19,22)(H,20,21,23). The highest BCUT2D eigenvalue weighted by atomic mass is 16.5. The van der Waals surface area contributed by atoms with Gasteiger partial charge in [0.1, 0.15) is 17.5 Å². The van der Waals surface area contributed by atoms with Crippen LogP contribution >= 0.6 is 0 Å². The molecule has 2 N–H and O–H groups in total. The number of imide groups is 1. The molecule has 3 rings (SSSR count). The predicted molar refractivity (Wildman–Crippen MR) is 86.6 cm³/mol. The zero-order valence-electron chi connectivity index (χ0n) is 12.8. The normalized spacial score (nSPS) is 17.1. The third kappa shape index (κ3) is 3.78. The molecule has 0 bridgehead atoms. The molecule has 1 heterocycles. The summed E-state index contributed by atoms with van der Waals surface area (Å²) in [4.78, 5) is 35.2. The van der Waals surface area contributed by atoms with Crippen molar-refractivity contribution in [1.29, 1.82) is 0 Å². The minimum atomic E-state index is -0.700. The molecule has 2 aromatic rings. The largest absolute Gasteiger partial charge is 0.457 e. The van der Waals surface area contributed by atoms with Gasteiger partial charge in [-0.1, -0.05) is 24.3 Å². The summed E-state index contributed by atoms with van der Waals surface area (Å²) in [6.07, 6.45) is 0.518. The fourth-order valence-corrected chi connectivity index (χ4v) is 2.40. The molecular formula is C18H16N2O4. The Morgan fingerprint density at radius 1 is 1.04 bits per heavy atom. The molecule has 1 atom stereocenters. The molecule has 6 heteroatoms. The second kappa shape index (κ2) is 6.95. The lowest BCUT2D eigenvalue weighted by Crippen LogP contribution is -2.52. The van der Waals surface area contributed by atoms with Crippen molar-refractivity contribution in [1.82, 2.24) is 10.6 Å². The third-order valence-electron chi connectivity index (χ3n) is 3.62. The maximum atomic E-state index is 12.3. The lowest BCUT2D eigenvalue weighted by molar-refractivity contribution is -0.134. The first-order valence-electron chi connectivity index (χ1n) is 7.59. The number of amides is 3. The van der Waals surface area contributed by atoms with Gasteiger partial charge in [-0.25, -0.2) is 0 Å². The van der Waals surface area contributed by atoms with E-state index in [2.05, 4.69) is 10.6 Å². The van der Waals surface area contributed by atoms with E-state index in [0.29, 0.717) is 23.5 Å². The number of nitrogens with one attached hydrogen (secondary N) is 2. The van der Waals surface area contributed by atoms with E-state index in [1.54, 1.807) is 24.3 Å². The average Bonchev–Trinajstić information content (AvgIpc) is 2.58. The first kappa shape index (κ1) is 15.7. The monoisotopic (exact) mass is 324 g/mol. The van der Waals surface area contributed by atoms with Gasteiger partial charge in [0.2, 0.25) is 11.8 Å². The SMILES string of the molecule is O=C1CCC(NC(=O)c2cccc(Oc3ccccc3)c2)C(=O)N1. The van der Waals surface area contributed by atoms with E-state index in [-0.39, 0.29) is 18.2 Å². The molecule has 6 nitrogen and oxygen atoms in total.